The fourth-order valence-electron chi connectivity index (χ4n) is 2.88. The van der Waals surface area contributed by atoms with Crippen LogP contribution in [0.1, 0.15) is 5.69 Å². The summed E-state index contributed by atoms with van der Waals surface area (Å²) in [5.74, 6) is 1.08. The van der Waals surface area contributed by atoms with Crippen LogP contribution in [-0.2, 0) is 13.6 Å². The van der Waals surface area contributed by atoms with Crippen LogP contribution in [0.2, 0.25) is 0 Å². The lowest BCUT2D eigenvalue weighted by Gasteiger charge is -2.35. The summed E-state index contributed by atoms with van der Waals surface area (Å²) < 4.78 is 3.29. The van der Waals surface area contributed by atoms with Crippen molar-refractivity contribution in [3.05, 3.63) is 36.0 Å². The number of aryl methyl sites for hydroxylation is 1. The number of rotatable bonds is 3. The van der Waals surface area contributed by atoms with Gasteiger partial charge in [-0.3, -0.25) is 4.90 Å². The standard InChI is InChI=1S/C15H18N6S/c1-19-11-16-8-12(19)9-20-3-5-21(6-4-20)15-14-13(2-7-22-14)17-10-18-15/h2,7-8,10-11H,3-6,9H2,1H3. The molecular formula is C15H18N6S. The number of thiophene rings is 1. The van der Waals surface area contributed by atoms with Gasteiger partial charge in [-0.25, -0.2) is 15.0 Å². The molecule has 6 nitrogen and oxygen atoms in total. The average molecular weight is 314 g/mol. The zero-order chi connectivity index (χ0) is 14.9. The van der Waals surface area contributed by atoms with E-state index in [0.29, 0.717) is 0 Å². The van der Waals surface area contributed by atoms with Crippen LogP contribution >= 0.6 is 11.3 Å². The average Bonchev–Trinajstić information content (AvgIpc) is 3.17. The lowest BCUT2D eigenvalue weighted by Crippen LogP contribution is -2.46. The second kappa shape index (κ2) is 5.66. The van der Waals surface area contributed by atoms with Crippen LogP contribution in [0, 0.1) is 0 Å². The molecule has 3 aromatic rings. The maximum Gasteiger partial charge on any atom is 0.150 e. The highest BCUT2D eigenvalue weighted by molar-refractivity contribution is 7.17. The Hall–Kier alpha value is -1.99. The van der Waals surface area contributed by atoms with Crippen LogP contribution in [0.25, 0.3) is 10.2 Å². The lowest BCUT2D eigenvalue weighted by molar-refractivity contribution is 0.244. The highest BCUT2D eigenvalue weighted by Crippen LogP contribution is 2.28. The molecule has 22 heavy (non-hydrogen) atoms. The van der Waals surface area contributed by atoms with Gasteiger partial charge in [0.15, 0.2) is 0 Å². The first-order chi connectivity index (χ1) is 10.8. The van der Waals surface area contributed by atoms with Gasteiger partial charge >= 0.3 is 0 Å². The molecule has 3 aromatic heterocycles. The van der Waals surface area contributed by atoms with Crippen molar-refractivity contribution >= 4 is 27.4 Å². The van der Waals surface area contributed by atoms with E-state index < -0.39 is 0 Å². The highest BCUT2D eigenvalue weighted by Gasteiger charge is 2.20. The summed E-state index contributed by atoms with van der Waals surface area (Å²) >= 11 is 1.72. The summed E-state index contributed by atoms with van der Waals surface area (Å²) in [6.45, 7) is 5.05. The van der Waals surface area contributed by atoms with Crippen molar-refractivity contribution in [2.24, 2.45) is 7.05 Å². The largest absolute Gasteiger partial charge is 0.353 e. The maximum absolute atomic E-state index is 4.51. The fraction of sp³-hybridized carbons (Fsp3) is 0.400. The maximum atomic E-state index is 4.51. The van der Waals surface area contributed by atoms with E-state index in [1.54, 1.807) is 17.7 Å². The van der Waals surface area contributed by atoms with Crippen molar-refractivity contribution < 1.29 is 0 Å². The van der Waals surface area contributed by atoms with Gasteiger partial charge in [0.2, 0.25) is 0 Å². The third-order valence-electron chi connectivity index (χ3n) is 4.20. The van der Waals surface area contributed by atoms with Crippen molar-refractivity contribution in [1.82, 2.24) is 24.4 Å². The van der Waals surface area contributed by atoms with E-state index in [0.717, 1.165) is 44.1 Å². The number of anilines is 1. The number of imidazole rings is 1. The van der Waals surface area contributed by atoms with Crippen molar-refractivity contribution in [1.29, 1.82) is 0 Å². The van der Waals surface area contributed by atoms with Gasteiger partial charge in [-0.1, -0.05) is 0 Å². The molecule has 114 valence electrons. The Kier molecular flexibility index (Phi) is 3.51. The van der Waals surface area contributed by atoms with Gasteiger partial charge in [0.25, 0.3) is 0 Å². The molecule has 1 saturated heterocycles. The van der Waals surface area contributed by atoms with E-state index in [-0.39, 0.29) is 0 Å². The second-order valence-corrected chi connectivity index (χ2v) is 6.51. The number of hydrogen-bond acceptors (Lipinski definition) is 6. The second-order valence-electron chi connectivity index (χ2n) is 5.59. The van der Waals surface area contributed by atoms with E-state index in [1.165, 1.54) is 10.4 Å². The van der Waals surface area contributed by atoms with Crippen molar-refractivity contribution in [3.63, 3.8) is 0 Å². The predicted molar refractivity (Wildman–Crippen MR) is 88.1 cm³/mol. The Balaban J connectivity index is 1.46. The molecule has 0 spiro atoms. The molecule has 0 atom stereocenters. The normalized spacial score (nSPS) is 16.5. The monoisotopic (exact) mass is 314 g/mol. The summed E-state index contributed by atoms with van der Waals surface area (Å²) in [5, 5.41) is 2.08. The number of aromatic nitrogens is 4. The van der Waals surface area contributed by atoms with Crippen molar-refractivity contribution in [3.8, 4) is 0 Å². The van der Waals surface area contributed by atoms with Gasteiger partial charge in [-0.2, -0.15) is 0 Å². The first-order valence-electron chi connectivity index (χ1n) is 7.42. The molecule has 0 N–H and O–H groups in total. The first-order valence-corrected chi connectivity index (χ1v) is 8.30. The Bertz CT molecular complexity index is 771. The number of piperazine rings is 1. The van der Waals surface area contributed by atoms with E-state index in [2.05, 4.69) is 40.8 Å². The Morgan fingerprint density at radius 2 is 2.05 bits per heavy atom. The third-order valence-corrected chi connectivity index (χ3v) is 5.10. The van der Waals surface area contributed by atoms with Crippen LogP contribution in [0.15, 0.2) is 30.3 Å². The Morgan fingerprint density at radius 1 is 1.18 bits per heavy atom. The van der Waals surface area contributed by atoms with Gasteiger partial charge in [0.05, 0.1) is 22.2 Å². The van der Waals surface area contributed by atoms with Gasteiger partial charge in [-0.05, 0) is 11.4 Å². The van der Waals surface area contributed by atoms with E-state index in [9.17, 15) is 0 Å². The molecule has 0 radical (unpaired) electrons. The molecule has 7 heteroatoms. The van der Waals surface area contributed by atoms with Crippen molar-refractivity contribution in [2.45, 2.75) is 6.54 Å². The highest BCUT2D eigenvalue weighted by atomic mass is 32.1. The molecule has 1 fully saturated rings. The zero-order valence-electron chi connectivity index (χ0n) is 12.5. The molecule has 4 rings (SSSR count). The smallest absolute Gasteiger partial charge is 0.150 e. The molecule has 0 aliphatic carbocycles. The first kappa shape index (κ1) is 13.7. The van der Waals surface area contributed by atoms with E-state index in [4.69, 9.17) is 0 Å². The minimum absolute atomic E-state index is 0.961. The molecule has 4 heterocycles. The summed E-state index contributed by atoms with van der Waals surface area (Å²) in [6, 6.07) is 2.06. The number of hydrogen-bond donors (Lipinski definition) is 0. The molecular weight excluding hydrogens is 296 g/mol. The van der Waals surface area contributed by atoms with Crippen molar-refractivity contribution in [2.75, 3.05) is 31.1 Å². The van der Waals surface area contributed by atoms with Gasteiger partial charge < -0.3 is 9.47 Å². The summed E-state index contributed by atoms with van der Waals surface area (Å²) in [4.78, 5) is 17.9. The summed E-state index contributed by atoms with van der Waals surface area (Å²) in [5.41, 5.74) is 2.31. The van der Waals surface area contributed by atoms with E-state index >= 15 is 0 Å². The molecule has 0 bridgehead atoms. The topological polar surface area (TPSA) is 50.1 Å². The number of fused-ring (bicyclic) bond motifs is 1. The lowest BCUT2D eigenvalue weighted by atomic mass is 10.3. The van der Waals surface area contributed by atoms with Gasteiger partial charge in [-0.15, -0.1) is 11.3 Å². The minimum Gasteiger partial charge on any atom is -0.353 e. The van der Waals surface area contributed by atoms with Gasteiger partial charge in [0, 0.05) is 46.0 Å². The third kappa shape index (κ3) is 2.46. The quantitative estimate of drug-likeness (QED) is 0.737. The van der Waals surface area contributed by atoms with Crippen LogP contribution in [-0.4, -0.2) is 50.6 Å². The molecule has 0 saturated carbocycles. The van der Waals surface area contributed by atoms with Gasteiger partial charge in [0.1, 0.15) is 12.1 Å². The summed E-state index contributed by atoms with van der Waals surface area (Å²) in [7, 11) is 2.05. The van der Waals surface area contributed by atoms with Crippen LogP contribution in [0.3, 0.4) is 0 Å². The summed E-state index contributed by atoms with van der Waals surface area (Å²) in [6.07, 6.45) is 5.48. The molecule has 1 aliphatic heterocycles. The molecule has 0 aromatic carbocycles. The minimum atomic E-state index is 0.961. The molecule has 0 amide bonds. The Labute approximate surface area is 133 Å². The molecule has 1 aliphatic rings. The zero-order valence-corrected chi connectivity index (χ0v) is 13.3. The van der Waals surface area contributed by atoms with E-state index in [1.807, 2.05) is 19.6 Å². The van der Waals surface area contributed by atoms with Crippen LogP contribution in [0.5, 0.6) is 0 Å². The van der Waals surface area contributed by atoms with Crippen LogP contribution < -0.4 is 4.90 Å². The predicted octanol–water partition coefficient (Wildman–Crippen LogP) is 1.75. The Morgan fingerprint density at radius 3 is 2.82 bits per heavy atom. The molecule has 0 unspecified atom stereocenters. The fourth-order valence-corrected chi connectivity index (χ4v) is 3.75. The number of nitrogens with zero attached hydrogens (tertiary/aromatic N) is 6. The SMILES string of the molecule is Cn1cncc1CN1CCN(c2ncnc3ccsc23)CC1. The van der Waals surface area contributed by atoms with Crippen LogP contribution in [0.4, 0.5) is 5.82 Å².